The van der Waals surface area contributed by atoms with Gasteiger partial charge in [0.25, 0.3) is 5.56 Å². The molecule has 1 aromatic heterocycles. The van der Waals surface area contributed by atoms with Crippen LogP contribution in [-0.4, -0.2) is 53.7 Å². The van der Waals surface area contributed by atoms with E-state index in [1.165, 1.54) is 11.8 Å². The number of carbonyl (C=O) groups is 1. The molecular weight excluding hydrogens is 366 g/mol. The summed E-state index contributed by atoms with van der Waals surface area (Å²) >= 11 is 1.27. The van der Waals surface area contributed by atoms with Crippen molar-refractivity contribution >= 4 is 28.6 Å². The van der Waals surface area contributed by atoms with E-state index in [9.17, 15) is 9.59 Å². The van der Waals surface area contributed by atoms with Gasteiger partial charge in [0.1, 0.15) is 0 Å². The van der Waals surface area contributed by atoms with E-state index in [0.717, 1.165) is 19.4 Å². The average Bonchev–Trinajstić information content (AvgIpc) is 3.16. The highest BCUT2D eigenvalue weighted by Gasteiger charge is 2.20. The molecule has 1 aliphatic rings. The maximum Gasteiger partial charge on any atom is 0.262 e. The molecule has 0 unspecified atom stereocenters. The lowest BCUT2D eigenvalue weighted by Crippen LogP contribution is -2.37. The van der Waals surface area contributed by atoms with Gasteiger partial charge in [-0.2, -0.15) is 0 Å². The van der Waals surface area contributed by atoms with E-state index in [2.05, 4.69) is 10.3 Å². The van der Waals surface area contributed by atoms with Gasteiger partial charge in [0.05, 0.1) is 35.9 Å². The monoisotopic (exact) mass is 391 g/mol. The number of hydrogen-bond donors (Lipinski definition) is 1. The second-order valence-electron chi connectivity index (χ2n) is 6.67. The van der Waals surface area contributed by atoms with Crippen molar-refractivity contribution in [2.75, 3.05) is 26.1 Å². The van der Waals surface area contributed by atoms with Crippen molar-refractivity contribution in [1.29, 1.82) is 0 Å². The molecule has 2 aromatic rings. The van der Waals surface area contributed by atoms with Crippen LogP contribution in [-0.2, 0) is 20.8 Å². The highest BCUT2D eigenvalue weighted by molar-refractivity contribution is 7.99. The largest absolute Gasteiger partial charge is 0.383 e. The number of aromatic nitrogens is 2. The van der Waals surface area contributed by atoms with Crippen LogP contribution in [0.3, 0.4) is 0 Å². The molecule has 0 bridgehead atoms. The van der Waals surface area contributed by atoms with Gasteiger partial charge in [0.15, 0.2) is 5.16 Å². The summed E-state index contributed by atoms with van der Waals surface area (Å²) < 4.78 is 12.4. The van der Waals surface area contributed by atoms with Crippen molar-refractivity contribution in [3.05, 3.63) is 34.6 Å². The first-order chi connectivity index (χ1) is 13.1. The topological polar surface area (TPSA) is 82.5 Å². The number of thioether (sulfide) groups is 1. The Balaban J connectivity index is 1.81. The molecule has 0 radical (unpaired) electrons. The normalized spacial score (nSPS) is 17.9. The first-order valence-corrected chi connectivity index (χ1v) is 10.1. The van der Waals surface area contributed by atoms with Gasteiger partial charge in [-0.25, -0.2) is 4.98 Å². The summed E-state index contributed by atoms with van der Waals surface area (Å²) in [5.74, 6) is 0.0697. The standard InChI is InChI=1S/C19H25N3O4S/c1-13(11-25-2)20-17(23)12-27-19-21-16-8-4-3-7-15(16)18(24)22(19)10-14-6-5-9-26-14/h3-4,7-8,13-14H,5-6,9-12H2,1-2H3,(H,20,23)/t13-,14-/m1/s1. The highest BCUT2D eigenvalue weighted by Crippen LogP contribution is 2.20. The SMILES string of the molecule is COC[C@@H](C)NC(=O)CSc1nc2ccccc2c(=O)n1C[C@H]1CCCO1. The minimum Gasteiger partial charge on any atom is -0.383 e. The van der Waals surface area contributed by atoms with Crippen LogP contribution in [0.2, 0.25) is 0 Å². The maximum atomic E-state index is 13.0. The molecule has 1 saturated heterocycles. The number of nitrogens with zero attached hydrogens (tertiary/aromatic N) is 2. The minimum atomic E-state index is -0.115. The molecule has 1 aliphatic heterocycles. The first kappa shape index (κ1) is 19.9. The van der Waals surface area contributed by atoms with Crippen LogP contribution < -0.4 is 10.9 Å². The molecule has 3 rings (SSSR count). The molecule has 1 fully saturated rings. The molecule has 0 spiro atoms. The molecule has 0 aliphatic carbocycles. The number of carbonyl (C=O) groups excluding carboxylic acids is 1. The van der Waals surface area contributed by atoms with Crippen LogP contribution in [0.4, 0.5) is 0 Å². The van der Waals surface area contributed by atoms with Crippen molar-refractivity contribution in [3.63, 3.8) is 0 Å². The second-order valence-corrected chi connectivity index (χ2v) is 7.62. The molecule has 146 valence electrons. The predicted molar refractivity (Wildman–Crippen MR) is 105 cm³/mol. The Morgan fingerprint density at radius 3 is 3.04 bits per heavy atom. The predicted octanol–water partition coefficient (Wildman–Crippen LogP) is 1.82. The molecule has 1 aromatic carbocycles. The summed E-state index contributed by atoms with van der Waals surface area (Å²) in [6, 6.07) is 7.22. The van der Waals surface area contributed by atoms with E-state index in [0.29, 0.717) is 29.2 Å². The molecular formula is C19H25N3O4S. The minimum absolute atomic E-state index is 0.0144. The van der Waals surface area contributed by atoms with Crippen LogP contribution in [0.5, 0.6) is 0 Å². The Kier molecular flexibility index (Phi) is 6.87. The van der Waals surface area contributed by atoms with E-state index in [-0.39, 0.29) is 29.4 Å². The lowest BCUT2D eigenvalue weighted by Gasteiger charge is -2.17. The van der Waals surface area contributed by atoms with Gasteiger partial charge in [-0.05, 0) is 31.9 Å². The number of ether oxygens (including phenoxy) is 2. The summed E-state index contributed by atoms with van der Waals surface area (Å²) in [6.45, 7) is 3.52. The van der Waals surface area contributed by atoms with E-state index >= 15 is 0 Å². The van der Waals surface area contributed by atoms with Crippen LogP contribution in [0.15, 0.2) is 34.2 Å². The third-order valence-electron chi connectivity index (χ3n) is 4.39. The quantitative estimate of drug-likeness (QED) is 0.546. The lowest BCUT2D eigenvalue weighted by molar-refractivity contribution is -0.119. The van der Waals surface area contributed by atoms with Crippen LogP contribution in [0.25, 0.3) is 10.9 Å². The molecule has 7 nitrogen and oxygen atoms in total. The van der Waals surface area contributed by atoms with Gasteiger partial charge in [-0.1, -0.05) is 23.9 Å². The van der Waals surface area contributed by atoms with Gasteiger partial charge in [0.2, 0.25) is 5.91 Å². The number of nitrogens with one attached hydrogen (secondary N) is 1. The van der Waals surface area contributed by atoms with Gasteiger partial charge < -0.3 is 14.8 Å². The zero-order valence-electron chi connectivity index (χ0n) is 15.6. The summed E-state index contributed by atoms with van der Waals surface area (Å²) in [5.41, 5.74) is 0.550. The Morgan fingerprint density at radius 2 is 2.30 bits per heavy atom. The third kappa shape index (κ3) is 5.09. The first-order valence-electron chi connectivity index (χ1n) is 9.10. The fourth-order valence-corrected chi connectivity index (χ4v) is 3.97. The highest BCUT2D eigenvalue weighted by atomic mass is 32.2. The van der Waals surface area contributed by atoms with Crippen molar-refractivity contribution < 1.29 is 14.3 Å². The van der Waals surface area contributed by atoms with E-state index in [1.807, 2.05) is 25.1 Å². The van der Waals surface area contributed by atoms with E-state index in [1.54, 1.807) is 17.7 Å². The van der Waals surface area contributed by atoms with E-state index in [4.69, 9.17) is 9.47 Å². The zero-order valence-corrected chi connectivity index (χ0v) is 16.5. The summed E-state index contributed by atoms with van der Waals surface area (Å²) in [5, 5.41) is 4.00. The Labute approximate surface area is 162 Å². The summed E-state index contributed by atoms with van der Waals surface area (Å²) in [7, 11) is 1.60. The van der Waals surface area contributed by atoms with Crippen molar-refractivity contribution in [2.24, 2.45) is 0 Å². The van der Waals surface area contributed by atoms with Crippen molar-refractivity contribution in [3.8, 4) is 0 Å². The third-order valence-corrected chi connectivity index (χ3v) is 5.37. The molecule has 0 saturated carbocycles. The number of hydrogen-bond acceptors (Lipinski definition) is 6. The van der Waals surface area contributed by atoms with Crippen LogP contribution in [0, 0.1) is 0 Å². The fourth-order valence-electron chi connectivity index (χ4n) is 3.15. The maximum absolute atomic E-state index is 13.0. The van der Waals surface area contributed by atoms with Gasteiger partial charge in [-0.15, -0.1) is 0 Å². The smallest absolute Gasteiger partial charge is 0.262 e. The number of para-hydroxylation sites is 1. The molecule has 27 heavy (non-hydrogen) atoms. The number of rotatable bonds is 8. The van der Waals surface area contributed by atoms with Gasteiger partial charge in [-0.3, -0.25) is 14.2 Å². The van der Waals surface area contributed by atoms with Crippen molar-refractivity contribution in [1.82, 2.24) is 14.9 Å². The fraction of sp³-hybridized carbons (Fsp3) is 0.526. The number of fused-ring (bicyclic) bond motifs is 1. The lowest BCUT2D eigenvalue weighted by atomic mass is 10.2. The molecule has 1 N–H and O–H groups in total. The van der Waals surface area contributed by atoms with Crippen LogP contribution >= 0.6 is 11.8 Å². The summed E-state index contributed by atoms with van der Waals surface area (Å²) in [4.78, 5) is 29.8. The Bertz CT molecular complexity index is 848. The average molecular weight is 391 g/mol. The van der Waals surface area contributed by atoms with Crippen molar-refractivity contribution in [2.45, 2.75) is 43.6 Å². The number of amides is 1. The zero-order chi connectivity index (χ0) is 19.2. The number of methoxy groups -OCH3 is 1. The molecule has 2 heterocycles. The Morgan fingerprint density at radius 1 is 1.48 bits per heavy atom. The Hall–Kier alpha value is -1.90. The van der Waals surface area contributed by atoms with Gasteiger partial charge in [0, 0.05) is 19.8 Å². The molecule has 8 heteroatoms. The molecule has 2 atom stereocenters. The second kappa shape index (κ2) is 9.34. The molecule has 1 amide bonds. The van der Waals surface area contributed by atoms with E-state index < -0.39 is 0 Å². The number of benzene rings is 1. The van der Waals surface area contributed by atoms with Crippen LogP contribution in [0.1, 0.15) is 19.8 Å². The van der Waals surface area contributed by atoms with Gasteiger partial charge >= 0.3 is 0 Å². The summed E-state index contributed by atoms with van der Waals surface area (Å²) in [6.07, 6.45) is 1.95.